The Kier molecular flexibility index (Phi) is 73.3. The average Bonchev–Trinajstić information content (AvgIpc) is 3.51. The van der Waals surface area contributed by atoms with Gasteiger partial charge in [0, 0.05) is 12.8 Å². The summed E-state index contributed by atoms with van der Waals surface area (Å²) >= 11 is 0. The number of allylic oxidation sites excluding steroid dienone is 3. The second-order valence-electron chi connectivity index (χ2n) is 27.0. The second kappa shape index (κ2) is 74.8. The van der Waals surface area contributed by atoms with E-state index in [1.54, 1.807) is 6.08 Å². The Bertz CT molecular complexity index is 1330. The van der Waals surface area contributed by atoms with Crippen molar-refractivity contribution < 1.29 is 24.5 Å². The van der Waals surface area contributed by atoms with E-state index in [1.807, 2.05) is 6.08 Å². The Hall–Kier alpha value is -1.66. The number of carbonyl (C=O) groups excluding carboxylic acids is 2. The summed E-state index contributed by atoms with van der Waals surface area (Å²) in [5.41, 5.74) is 0. The van der Waals surface area contributed by atoms with Gasteiger partial charge in [-0.2, -0.15) is 0 Å². The SMILES string of the molecule is CCCCCCCCCCCCCCCCCCCCCCCC/C=C/C(O)C(CO)NC(=O)CCCCCCCCCCCCCCC/C=C\CCCCCCCCCCCCCCOC(=O)CCCCCCCCCCCCCCCCC. The summed E-state index contributed by atoms with van der Waals surface area (Å²) in [4.78, 5) is 24.6. The molecule has 3 N–H and O–H groups in total. The van der Waals surface area contributed by atoms with Crippen LogP contribution < -0.4 is 5.32 Å². The van der Waals surface area contributed by atoms with E-state index in [0.717, 1.165) is 38.5 Å². The number of hydrogen-bond acceptors (Lipinski definition) is 5. The first-order chi connectivity index (χ1) is 42.0. The van der Waals surface area contributed by atoms with Gasteiger partial charge in [0.1, 0.15) is 0 Å². The molecule has 0 saturated carbocycles. The fourth-order valence-corrected chi connectivity index (χ4v) is 12.5. The molecule has 0 aromatic heterocycles. The van der Waals surface area contributed by atoms with Crippen LogP contribution in [-0.4, -0.2) is 47.4 Å². The molecule has 504 valence electrons. The lowest BCUT2D eigenvalue weighted by atomic mass is 10.0. The second-order valence-corrected chi connectivity index (χ2v) is 27.0. The third-order valence-corrected chi connectivity index (χ3v) is 18.5. The van der Waals surface area contributed by atoms with Gasteiger partial charge in [-0.05, 0) is 57.8 Å². The van der Waals surface area contributed by atoms with E-state index in [4.69, 9.17) is 4.74 Å². The van der Waals surface area contributed by atoms with Gasteiger partial charge in [-0.15, -0.1) is 0 Å². The van der Waals surface area contributed by atoms with Gasteiger partial charge in [-0.25, -0.2) is 0 Å². The van der Waals surface area contributed by atoms with E-state index in [-0.39, 0.29) is 18.5 Å². The summed E-state index contributed by atoms with van der Waals surface area (Å²) in [6.07, 6.45) is 95.8. The Morgan fingerprint density at radius 3 is 0.835 bits per heavy atom. The molecule has 2 unspecified atom stereocenters. The van der Waals surface area contributed by atoms with Gasteiger partial charge in [-0.3, -0.25) is 9.59 Å². The van der Waals surface area contributed by atoms with Crippen LogP contribution in [0.15, 0.2) is 24.3 Å². The van der Waals surface area contributed by atoms with Gasteiger partial charge < -0.3 is 20.3 Å². The van der Waals surface area contributed by atoms with E-state index in [9.17, 15) is 19.8 Å². The van der Waals surface area contributed by atoms with Crippen molar-refractivity contribution in [2.75, 3.05) is 13.2 Å². The maximum absolute atomic E-state index is 12.6. The lowest BCUT2D eigenvalue weighted by Gasteiger charge is -2.20. The first-order valence-electron chi connectivity index (χ1n) is 39.1. The molecule has 85 heavy (non-hydrogen) atoms. The third kappa shape index (κ3) is 71.3. The number of aliphatic hydroxyl groups excluding tert-OH is 2. The highest BCUT2D eigenvalue weighted by atomic mass is 16.5. The molecule has 0 bridgehead atoms. The molecule has 0 saturated heterocycles. The number of carbonyl (C=O) groups is 2. The van der Waals surface area contributed by atoms with Crippen molar-refractivity contribution in [1.82, 2.24) is 5.32 Å². The quantitative estimate of drug-likeness (QED) is 0.0320. The zero-order valence-corrected chi connectivity index (χ0v) is 57.9. The summed E-state index contributed by atoms with van der Waals surface area (Å²) in [5.74, 6) is -0.0418. The van der Waals surface area contributed by atoms with E-state index in [1.165, 1.54) is 379 Å². The lowest BCUT2D eigenvalue weighted by molar-refractivity contribution is -0.143. The maximum Gasteiger partial charge on any atom is 0.305 e. The van der Waals surface area contributed by atoms with Gasteiger partial charge in [0.05, 0.1) is 25.4 Å². The first kappa shape index (κ1) is 83.3. The minimum atomic E-state index is -0.845. The van der Waals surface area contributed by atoms with Crippen LogP contribution in [-0.2, 0) is 14.3 Å². The summed E-state index contributed by atoms with van der Waals surface area (Å²) in [5, 5.41) is 23.3. The molecule has 2 atom stereocenters. The van der Waals surface area contributed by atoms with E-state index >= 15 is 0 Å². The largest absolute Gasteiger partial charge is 0.466 e. The average molecular weight is 1200 g/mol. The first-order valence-corrected chi connectivity index (χ1v) is 39.1. The fourth-order valence-electron chi connectivity index (χ4n) is 12.5. The molecule has 6 heteroatoms. The molecule has 0 aliphatic rings. The summed E-state index contributed by atoms with van der Waals surface area (Å²) in [7, 11) is 0. The lowest BCUT2D eigenvalue weighted by Crippen LogP contribution is -2.45. The molecule has 0 aliphatic heterocycles. The van der Waals surface area contributed by atoms with Crippen molar-refractivity contribution in [2.45, 2.75) is 456 Å². The molecule has 0 radical (unpaired) electrons. The normalized spacial score (nSPS) is 12.6. The monoisotopic (exact) mass is 1200 g/mol. The highest BCUT2D eigenvalue weighted by Crippen LogP contribution is 2.20. The number of nitrogens with one attached hydrogen (secondary N) is 1. The fraction of sp³-hybridized carbons (Fsp3) is 0.924. The number of ether oxygens (including phenoxy) is 1. The van der Waals surface area contributed by atoms with Crippen molar-refractivity contribution in [2.24, 2.45) is 0 Å². The van der Waals surface area contributed by atoms with Crippen LogP contribution in [0.2, 0.25) is 0 Å². The number of rotatable bonds is 74. The van der Waals surface area contributed by atoms with Crippen LogP contribution in [0.5, 0.6) is 0 Å². The predicted octanol–water partition coefficient (Wildman–Crippen LogP) is 25.7. The summed E-state index contributed by atoms with van der Waals surface area (Å²) < 4.78 is 5.50. The molecule has 6 nitrogen and oxygen atoms in total. The molecule has 0 aromatic carbocycles. The van der Waals surface area contributed by atoms with Crippen LogP contribution in [0.1, 0.15) is 444 Å². The number of unbranched alkanes of at least 4 members (excludes halogenated alkanes) is 61. The Morgan fingerprint density at radius 2 is 0.553 bits per heavy atom. The molecule has 0 rings (SSSR count). The molecule has 0 fully saturated rings. The number of aliphatic hydroxyl groups is 2. The van der Waals surface area contributed by atoms with Crippen LogP contribution >= 0.6 is 0 Å². The van der Waals surface area contributed by atoms with E-state index < -0.39 is 12.1 Å². The molecule has 1 amide bonds. The van der Waals surface area contributed by atoms with E-state index in [0.29, 0.717) is 19.4 Å². The smallest absolute Gasteiger partial charge is 0.305 e. The van der Waals surface area contributed by atoms with Crippen molar-refractivity contribution in [3.05, 3.63) is 24.3 Å². The molecule has 0 spiro atoms. The minimum absolute atomic E-state index is 0.0201. The Balaban J connectivity index is 3.39. The molecule has 0 heterocycles. The minimum Gasteiger partial charge on any atom is -0.466 e. The van der Waals surface area contributed by atoms with Gasteiger partial charge in [0.15, 0.2) is 0 Å². The zero-order chi connectivity index (χ0) is 61.3. The maximum atomic E-state index is 12.6. The third-order valence-electron chi connectivity index (χ3n) is 18.5. The van der Waals surface area contributed by atoms with Gasteiger partial charge in [0.25, 0.3) is 0 Å². The Labute approximate surface area is 532 Å². The molecular formula is C79H153NO5. The van der Waals surface area contributed by atoms with Crippen LogP contribution in [0.3, 0.4) is 0 Å². The summed E-state index contributed by atoms with van der Waals surface area (Å²) in [6, 6.07) is -0.629. The van der Waals surface area contributed by atoms with Crippen molar-refractivity contribution >= 4 is 11.9 Å². The van der Waals surface area contributed by atoms with Crippen molar-refractivity contribution in [3.8, 4) is 0 Å². The molecular weight excluding hydrogens is 1040 g/mol. The van der Waals surface area contributed by atoms with Crippen molar-refractivity contribution in [3.63, 3.8) is 0 Å². The highest BCUT2D eigenvalue weighted by Gasteiger charge is 2.18. The highest BCUT2D eigenvalue weighted by molar-refractivity contribution is 5.76. The predicted molar refractivity (Wildman–Crippen MR) is 375 cm³/mol. The zero-order valence-electron chi connectivity index (χ0n) is 57.9. The van der Waals surface area contributed by atoms with Crippen LogP contribution in [0, 0.1) is 0 Å². The molecule has 0 aromatic rings. The number of hydrogen-bond donors (Lipinski definition) is 3. The Morgan fingerprint density at radius 1 is 0.318 bits per heavy atom. The van der Waals surface area contributed by atoms with E-state index in [2.05, 4.69) is 31.3 Å². The number of esters is 1. The van der Waals surface area contributed by atoms with Gasteiger partial charge >= 0.3 is 5.97 Å². The molecule has 0 aliphatic carbocycles. The van der Waals surface area contributed by atoms with Crippen LogP contribution in [0.25, 0.3) is 0 Å². The van der Waals surface area contributed by atoms with Crippen molar-refractivity contribution in [1.29, 1.82) is 0 Å². The summed E-state index contributed by atoms with van der Waals surface area (Å²) in [6.45, 7) is 4.96. The van der Waals surface area contributed by atoms with Crippen LogP contribution in [0.4, 0.5) is 0 Å². The van der Waals surface area contributed by atoms with Gasteiger partial charge in [0.2, 0.25) is 5.91 Å². The number of amides is 1. The topological polar surface area (TPSA) is 95.9 Å². The van der Waals surface area contributed by atoms with Gasteiger partial charge in [-0.1, -0.05) is 398 Å². The standard InChI is InChI=1S/C79H153NO5/c1-3-5-7-9-11-13-15-17-19-20-21-22-23-31-34-37-40-44-47-51-55-59-63-67-71-77(82)76(75-81)80-78(83)72-68-64-60-56-52-48-45-41-38-35-32-29-27-25-24-26-28-30-33-36-39-42-46-50-54-58-62-66-70-74-85-79(84)73-69-65-61-57-53-49-43-18-16-14-12-10-8-6-4-2/h24,26,67,71,76-77,81-82H,3-23,25,27-66,68-70,72-75H2,1-2H3,(H,80,83)/b26-24-,71-67+.